The van der Waals surface area contributed by atoms with Gasteiger partial charge in [-0.3, -0.25) is 4.98 Å². The molecule has 1 aromatic rings. The minimum atomic E-state index is -0.255. The summed E-state index contributed by atoms with van der Waals surface area (Å²) in [6, 6.07) is 1.80. The molecule has 1 aromatic heterocycles. The monoisotopic (exact) mass is 238 g/mol. The van der Waals surface area contributed by atoms with Crippen molar-refractivity contribution >= 4 is 0 Å². The fraction of sp³-hybridized carbons (Fsp3) is 0.643. The van der Waals surface area contributed by atoms with Crippen LogP contribution in [0.5, 0.6) is 0 Å². The van der Waals surface area contributed by atoms with Gasteiger partial charge in [-0.15, -0.1) is 0 Å². The van der Waals surface area contributed by atoms with Gasteiger partial charge in [0.25, 0.3) is 0 Å². The first-order valence-corrected chi connectivity index (χ1v) is 6.47. The van der Waals surface area contributed by atoms with E-state index in [9.17, 15) is 4.39 Å². The molecular weight excluding hydrogens is 215 g/mol. The fourth-order valence-electron chi connectivity index (χ4n) is 1.98. The SMILES string of the molecule is CCNC(CCCC(C)C)c1cncc(F)c1. The van der Waals surface area contributed by atoms with Gasteiger partial charge >= 0.3 is 0 Å². The van der Waals surface area contributed by atoms with Gasteiger partial charge in [0.2, 0.25) is 0 Å². The van der Waals surface area contributed by atoms with Gasteiger partial charge in [-0.25, -0.2) is 4.39 Å². The maximum absolute atomic E-state index is 13.1. The Morgan fingerprint density at radius 1 is 1.29 bits per heavy atom. The fourth-order valence-corrected chi connectivity index (χ4v) is 1.98. The van der Waals surface area contributed by atoms with Gasteiger partial charge in [0.05, 0.1) is 6.20 Å². The van der Waals surface area contributed by atoms with Gasteiger partial charge in [-0.2, -0.15) is 0 Å². The van der Waals surface area contributed by atoms with Gasteiger partial charge < -0.3 is 5.32 Å². The van der Waals surface area contributed by atoms with E-state index in [0.29, 0.717) is 0 Å². The summed E-state index contributed by atoms with van der Waals surface area (Å²) < 4.78 is 13.1. The summed E-state index contributed by atoms with van der Waals surface area (Å²) in [5.41, 5.74) is 0.954. The Morgan fingerprint density at radius 3 is 2.65 bits per heavy atom. The molecule has 0 spiro atoms. The molecule has 0 radical (unpaired) electrons. The summed E-state index contributed by atoms with van der Waals surface area (Å²) in [5.74, 6) is 0.470. The van der Waals surface area contributed by atoms with Crippen molar-refractivity contribution in [1.29, 1.82) is 0 Å². The van der Waals surface area contributed by atoms with Crippen LogP contribution in [0, 0.1) is 11.7 Å². The third kappa shape index (κ3) is 5.26. The van der Waals surface area contributed by atoms with Crippen LogP contribution >= 0.6 is 0 Å². The summed E-state index contributed by atoms with van der Waals surface area (Å²) in [5, 5.41) is 3.39. The van der Waals surface area contributed by atoms with E-state index in [4.69, 9.17) is 0 Å². The highest BCUT2D eigenvalue weighted by Gasteiger charge is 2.11. The zero-order chi connectivity index (χ0) is 12.7. The molecule has 0 aliphatic carbocycles. The first-order chi connectivity index (χ1) is 8.13. The summed E-state index contributed by atoms with van der Waals surface area (Å²) >= 11 is 0. The van der Waals surface area contributed by atoms with E-state index in [-0.39, 0.29) is 11.9 Å². The largest absolute Gasteiger partial charge is 0.310 e. The Morgan fingerprint density at radius 2 is 2.06 bits per heavy atom. The lowest BCUT2D eigenvalue weighted by molar-refractivity contribution is 0.452. The Kier molecular flexibility index (Phi) is 6.12. The number of pyridine rings is 1. The van der Waals surface area contributed by atoms with E-state index >= 15 is 0 Å². The van der Waals surface area contributed by atoms with E-state index in [1.807, 2.05) is 0 Å². The molecule has 17 heavy (non-hydrogen) atoms. The van der Waals surface area contributed by atoms with Crippen LogP contribution in [0.1, 0.15) is 51.6 Å². The van der Waals surface area contributed by atoms with E-state index in [2.05, 4.69) is 31.1 Å². The second kappa shape index (κ2) is 7.38. The molecule has 1 heterocycles. The number of hydrogen-bond acceptors (Lipinski definition) is 2. The standard InChI is InChI=1S/C14H23FN2/c1-4-17-14(7-5-6-11(2)3)12-8-13(15)10-16-9-12/h8-11,14,17H,4-7H2,1-3H3. The molecule has 0 amide bonds. The third-order valence-electron chi connectivity index (χ3n) is 2.85. The maximum atomic E-state index is 13.1. The molecule has 3 heteroatoms. The molecule has 0 fully saturated rings. The summed E-state index contributed by atoms with van der Waals surface area (Å²) in [6.45, 7) is 7.42. The molecule has 0 saturated heterocycles. The van der Waals surface area contributed by atoms with Gasteiger partial charge in [-0.05, 0) is 30.5 Å². The predicted molar refractivity (Wildman–Crippen MR) is 69.3 cm³/mol. The van der Waals surface area contributed by atoms with Crippen LogP contribution in [0.3, 0.4) is 0 Å². The van der Waals surface area contributed by atoms with Crippen molar-refractivity contribution in [2.24, 2.45) is 5.92 Å². The van der Waals surface area contributed by atoms with Gasteiger partial charge in [0, 0.05) is 12.2 Å². The number of nitrogens with one attached hydrogen (secondary N) is 1. The molecule has 0 aliphatic heterocycles. The lowest BCUT2D eigenvalue weighted by atomic mass is 9.99. The normalized spacial score (nSPS) is 13.0. The highest BCUT2D eigenvalue weighted by molar-refractivity contribution is 5.14. The first kappa shape index (κ1) is 14.1. The second-order valence-corrected chi connectivity index (χ2v) is 4.87. The molecule has 1 atom stereocenters. The molecule has 1 N–H and O–H groups in total. The van der Waals surface area contributed by atoms with Crippen LogP contribution in [0.4, 0.5) is 4.39 Å². The Bertz CT molecular complexity index is 326. The summed E-state index contributed by atoms with van der Waals surface area (Å²) in [6.07, 6.45) is 6.42. The number of hydrogen-bond donors (Lipinski definition) is 1. The minimum Gasteiger partial charge on any atom is -0.310 e. The quantitative estimate of drug-likeness (QED) is 0.783. The molecule has 2 nitrogen and oxygen atoms in total. The van der Waals surface area contributed by atoms with Crippen LogP contribution in [0.2, 0.25) is 0 Å². The molecule has 96 valence electrons. The van der Waals surface area contributed by atoms with Crippen LogP contribution in [0.25, 0.3) is 0 Å². The first-order valence-electron chi connectivity index (χ1n) is 6.47. The van der Waals surface area contributed by atoms with Crippen molar-refractivity contribution in [1.82, 2.24) is 10.3 Å². The molecule has 1 unspecified atom stereocenters. The van der Waals surface area contributed by atoms with Gasteiger partial charge in [0.1, 0.15) is 5.82 Å². The second-order valence-electron chi connectivity index (χ2n) is 4.87. The Hall–Kier alpha value is -0.960. The van der Waals surface area contributed by atoms with Gasteiger partial charge in [0.15, 0.2) is 0 Å². The van der Waals surface area contributed by atoms with Crippen LogP contribution in [-0.2, 0) is 0 Å². The van der Waals surface area contributed by atoms with E-state index in [1.165, 1.54) is 12.6 Å². The van der Waals surface area contributed by atoms with Crippen molar-refractivity contribution in [3.63, 3.8) is 0 Å². The number of rotatable bonds is 7. The lowest BCUT2D eigenvalue weighted by Gasteiger charge is -2.18. The average molecular weight is 238 g/mol. The minimum absolute atomic E-state index is 0.224. The number of halogens is 1. The Labute approximate surface area is 104 Å². The van der Waals surface area contributed by atoms with Crippen LogP contribution in [0.15, 0.2) is 18.5 Å². The molecule has 1 rings (SSSR count). The molecule has 0 saturated carbocycles. The zero-order valence-electron chi connectivity index (χ0n) is 11.0. The molecular formula is C14H23FN2. The van der Waals surface area contributed by atoms with Crippen molar-refractivity contribution in [2.45, 2.75) is 46.1 Å². The van der Waals surface area contributed by atoms with E-state index in [1.54, 1.807) is 12.3 Å². The van der Waals surface area contributed by atoms with Gasteiger partial charge in [-0.1, -0.05) is 33.6 Å². The smallest absolute Gasteiger partial charge is 0.141 e. The van der Waals surface area contributed by atoms with Crippen molar-refractivity contribution in [3.8, 4) is 0 Å². The highest BCUT2D eigenvalue weighted by Crippen LogP contribution is 2.20. The maximum Gasteiger partial charge on any atom is 0.141 e. The molecule has 0 aliphatic rings. The topological polar surface area (TPSA) is 24.9 Å². The highest BCUT2D eigenvalue weighted by atomic mass is 19.1. The predicted octanol–water partition coefficient (Wildman–Crippen LogP) is 3.70. The lowest BCUT2D eigenvalue weighted by Crippen LogP contribution is -2.21. The average Bonchev–Trinajstić information content (AvgIpc) is 2.27. The van der Waals surface area contributed by atoms with Crippen LogP contribution < -0.4 is 5.32 Å². The van der Waals surface area contributed by atoms with Crippen molar-refractivity contribution in [2.75, 3.05) is 6.54 Å². The van der Waals surface area contributed by atoms with E-state index in [0.717, 1.165) is 30.9 Å². The third-order valence-corrected chi connectivity index (χ3v) is 2.85. The van der Waals surface area contributed by atoms with Crippen molar-refractivity contribution in [3.05, 3.63) is 29.8 Å². The van der Waals surface area contributed by atoms with Crippen molar-refractivity contribution < 1.29 is 4.39 Å². The van der Waals surface area contributed by atoms with Crippen LogP contribution in [-0.4, -0.2) is 11.5 Å². The summed E-state index contributed by atoms with van der Waals surface area (Å²) in [7, 11) is 0. The Balaban J connectivity index is 2.58. The number of nitrogens with zero attached hydrogens (tertiary/aromatic N) is 1. The zero-order valence-corrected chi connectivity index (χ0v) is 11.0. The number of aromatic nitrogens is 1. The van der Waals surface area contributed by atoms with E-state index < -0.39 is 0 Å². The summed E-state index contributed by atoms with van der Waals surface area (Å²) in [4.78, 5) is 3.92. The molecule has 0 aromatic carbocycles. The molecule has 0 bridgehead atoms.